The predicted molar refractivity (Wildman–Crippen MR) is 51.1 cm³/mol. The molecule has 0 saturated heterocycles. The molecule has 0 spiro atoms. The average Bonchev–Trinajstić information content (AvgIpc) is 2.49. The van der Waals surface area contributed by atoms with Crippen molar-refractivity contribution in [3.8, 4) is 0 Å². The van der Waals surface area contributed by atoms with E-state index in [9.17, 15) is 4.79 Å². The molecule has 0 fully saturated rings. The number of thiophene rings is 1. The van der Waals surface area contributed by atoms with Crippen molar-refractivity contribution in [3.05, 3.63) is 22.4 Å². The molecule has 0 radical (unpaired) electrons. The number of primary amides is 1. The van der Waals surface area contributed by atoms with Crippen LogP contribution in [0.25, 0.3) is 0 Å². The molecule has 1 aromatic rings. The minimum Gasteiger partial charge on any atom is -0.370 e. The molecule has 1 rings (SSSR count). The van der Waals surface area contributed by atoms with Gasteiger partial charge in [0.15, 0.2) is 0 Å². The monoisotopic (exact) mass is 183 g/mol. The van der Waals surface area contributed by atoms with Gasteiger partial charge >= 0.3 is 0 Å². The van der Waals surface area contributed by atoms with E-state index in [0.717, 1.165) is 19.3 Å². The molecule has 0 aliphatic rings. The van der Waals surface area contributed by atoms with Gasteiger partial charge in [0, 0.05) is 6.42 Å². The maximum absolute atomic E-state index is 10.4. The number of hydrogen-bond acceptors (Lipinski definition) is 2. The summed E-state index contributed by atoms with van der Waals surface area (Å²) < 4.78 is 0. The maximum Gasteiger partial charge on any atom is 0.217 e. The smallest absolute Gasteiger partial charge is 0.217 e. The average molecular weight is 183 g/mol. The third kappa shape index (κ3) is 3.53. The number of rotatable bonds is 5. The Labute approximate surface area is 76.4 Å². The summed E-state index contributed by atoms with van der Waals surface area (Å²) in [5.74, 6) is -0.194. The number of hydrogen-bond donors (Lipinski definition) is 1. The zero-order valence-electron chi connectivity index (χ0n) is 6.95. The van der Waals surface area contributed by atoms with Crippen LogP contribution in [0.15, 0.2) is 16.8 Å². The van der Waals surface area contributed by atoms with Crippen LogP contribution in [-0.4, -0.2) is 5.91 Å². The summed E-state index contributed by atoms with van der Waals surface area (Å²) in [5, 5.41) is 4.22. The normalized spacial score (nSPS) is 10.0. The molecule has 0 unspecified atom stereocenters. The molecule has 0 aliphatic heterocycles. The molecule has 0 aromatic carbocycles. The predicted octanol–water partition coefficient (Wildman–Crippen LogP) is 1.95. The van der Waals surface area contributed by atoms with E-state index in [0.29, 0.717) is 6.42 Å². The van der Waals surface area contributed by atoms with Crippen molar-refractivity contribution in [1.29, 1.82) is 0 Å². The summed E-state index contributed by atoms with van der Waals surface area (Å²) >= 11 is 1.71. The van der Waals surface area contributed by atoms with Crippen LogP contribution in [0.5, 0.6) is 0 Å². The Kier molecular flexibility index (Phi) is 3.80. The highest BCUT2D eigenvalue weighted by molar-refractivity contribution is 7.07. The van der Waals surface area contributed by atoms with Gasteiger partial charge in [0.05, 0.1) is 0 Å². The van der Waals surface area contributed by atoms with Crippen LogP contribution in [0.1, 0.15) is 24.8 Å². The third-order valence-corrected chi connectivity index (χ3v) is 2.45. The zero-order chi connectivity index (χ0) is 8.81. The van der Waals surface area contributed by atoms with E-state index < -0.39 is 0 Å². The molecular formula is C9H13NOS. The molecule has 12 heavy (non-hydrogen) atoms. The molecule has 2 nitrogen and oxygen atoms in total. The molecular weight excluding hydrogens is 170 g/mol. The van der Waals surface area contributed by atoms with Crippen LogP contribution in [0.3, 0.4) is 0 Å². The summed E-state index contributed by atoms with van der Waals surface area (Å²) in [6, 6.07) is 2.12. The van der Waals surface area contributed by atoms with Crippen molar-refractivity contribution in [3.63, 3.8) is 0 Å². The largest absolute Gasteiger partial charge is 0.370 e. The summed E-state index contributed by atoms with van der Waals surface area (Å²) in [4.78, 5) is 10.4. The van der Waals surface area contributed by atoms with Gasteiger partial charge < -0.3 is 5.73 Å². The lowest BCUT2D eigenvalue weighted by Gasteiger charge is -1.95. The van der Waals surface area contributed by atoms with Crippen LogP contribution >= 0.6 is 11.3 Å². The van der Waals surface area contributed by atoms with Crippen molar-refractivity contribution < 1.29 is 4.79 Å². The van der Waals surface area contributed by atoms with Crippen molar-refractivity contribution in [2.45, 2.75) is 25.7 Å². The SMILES string of the molecule is NC(=O)CCCCc1ccsc1. The first kappa shape index (κ1) is 9.26. The van der Waals surface area contributed by atoms with Gasteiger partial charge in [-0.3, -0.25) is 4.79 Å². The van der Waals surface area contributed by atoms with Crippen molar-refractivity contribution >= 4 is 17.2 Å². The molecule has 0 bridgehead atoms. The first-order chi connectivity index (χ1) is 5.79. The Morgan fingerprint density at radius 2 is 2.33 bits per heavy atom. The first-order valence-electron chi connectivity index (χ1n) is 4.08. The van der Waals surface area contributed by atoms with E-state index in [2.05, 4.69) is 16.8 Å². The molecule has 2 N–H and O–H groups in total. The minimum atomic E-state index is -0.194. The van der Waals surface area contributed by atoms with Gasteiger partial charge in [-0.25, -0.2) is 0 Å². The zero-order valence-corrected chi connectivity index (χ0v) is 7.77. The number of nitrogens with two attached hydrogens (primary N) is 1. The van der Waals surface area contributed by atoms with Crippen molar-refractivity contribution in [2.75, 3.05) is 0 Å². The van der Waals surface area contributed by atoms with Gasteiger partial charge in [0.25, 0.3) is 0 Å². The number of aryl methyl sites for hydroxylation is 1. The highest BCUT2D eigenvalue weighted by atomic mass is 32.1. The van der Waals surface area contributed by atoms with E-state index in [1.165, 1.54) is 5.56 Å². The molecule has 66 valence electrons. The van der Waals surface area contributed by atoms with Crippen LogP contribution < -0.4 is 5.73 Å². The first-order valence-corrected chi connectivity index (χ1v) is 5.02. The number of unbranched alkanes of at least 4 members (excludes halogenated alkanes) is 1. The molecule has 0 saturated carbocycles. The fraction of sp³-hybridized carbons (Fsp3) is 0.444. The minimum absolute atomic E-state index is 0.194. The van der Waals surface area contributed by atoms with Gasteiger partial charge in [-0.15, -0.1) is 0 Å². The highest BCUT2D eigenvalue weighted by Gasteiger charge is 1.96. The molecule has 0 aliphatic carbocycles. The lowest BCUT2D eigenvalue weighted by molar-refractivity contribution is -0.118. The van der Waals surface area contributed by atoms with Crippen molar-refractivity contribution in [2.24, 2.45) is 5.73 Å². The fourth-order valence-electron chi connectivity index (χ4n) is 1.06. The lowest BCUT2D eigenvalue weighted by atomic mass is 10.1. The topological polar surface area (TPSA) is 43.1 Å². The van der Waals surface area contributed by atoms with Crippen LogP contribution in [-0.2, 0) is 11.2 Å². The van der Waals surface area contributed by atoms with E-state index in [4.69, 9.17) is 5.73 Å². The number of carbonyl (C=O) groups excluding carboxylic acids is 1. The van der Waals surface area contributed by atoms with Crippen LogP contribution in [0.4, 0.5) is 0 Å². The molecule has 3 heteroatoms. The van der Waals surface area contributed by atoms with Crippen LogP contribution in [0, 0.1) is 0 Å². The second kappa shape index (κ2) is 4.93. The Bertz CT molecular complexity index is 231. The number of amides is 1. The van der Waals surface area contributed by atoms with Crippen molar-refractivity contribution in [1.82, 2.24) is 0 Å². The summed E-state index contributed by atoms with van der Waals surface area (Å²) in [6.45, 7) is 0. The number of carbonyl (C=O) groups is 1. The van der Waals surface area contributed by atoms with Crippen LogP contribution in [0.2, 0.25) is 0 Å². The molecule has 1 aromatic heterocycles. The summed E-state index contributed by atoms with van der Waals surface area (Å²) in [5.41, 5.74) is 6.38. The Morgan fingerprint density at radius 3 is 2.92 bits per heavy atom. The molecule has 1 amide bonds. The second-order valence-electron chi connectivity index (χ2n) is 2.81. The van der Waals surface area contributed by atoms with Gasteiger partial charge in [-0.05, 0) is 41.7 Å². The van der Waals surface area contributed by atoms with E-state index >= 15 is 0 Å². The van der Waals surface area contributed by atoms with Gasteiger partial charge in [0.1, 0.15) is 0 Å². The molecule has 1 heterocycles. The quantitative estimate of drug-likeness (QED) is 0.696. The Morgan fingerprint density at radius 1 is 1.50 bits per heavy atom. The third-order valence-electron chi connectivity index (χ3n) is 1.72. The summed E-state index contributed by atoms with van der Waals surface area (Å²) in [6.07, 6.45) is 3.55. The van der Waals surface area contributed by atoms with Gasteiger partial charge in [-0.1, -0.05) is 0 Å². The maximum atomic E-state index is 10.4. The van der Waals surface area contributed by atoms with E-state index in [1.54, 1.807) is 11.3 Å². The Hall–Kier alpha value is -0.830. The molecule has 0 atom stereocenters. The standard InChI is InChI=1S/C9H13NOS/c10-9(11)4-2-1-3-8-5-6-12-7-8/h5-7H,1-4H2,(H2,10,11). The van der Waals surface area contributed by atoms with Gasteiger partial charge in [0.2, 0.25) is 5.91 Å². The summed E-state index contributed by atoms with van der Waals surface area (Å²) in [7, 11) is 0. The lowest BCUT2D eigenvalue weighted by Crippen LogP contribution is -2.09. The van der Waals surface area contributed by atoms with E-state index in [1.807, 2.05) is 0 Å². The van der Waals surface area contributed by atoms with E-state index in [-0.39, 0.29) is 5.91 Å². The van der Waals surface area contributed by atoms with Gasteiger partial charge in [-0.2, -0.15) is 11.3 Å². The second-order valence-corrected chi connectivity index (χ2v) is 3.59. The highest BCUT2D eigenvalue weighted by Crippen LogP contribution is 2.10. The fourth-order valence-corrected chi connectivity index (χ4v) is 1.77. The Balaban J connectivity index is 2.07.